The number of carbonyl (C=O) groups is 3. The Morgan fingerprint density at radius 3 is 2.06 bits per heavy atom. The molecule has 3 N–H and O–H groups in total. The fourth-order valence-electron chi connectivity index (χ4n) is 5.78. The molecule has 7 heteroatoms. The van der Waals surface area contributed by atoms with Gasteiger partial charge >= 0.3 is 12.1 Å². The lowest BCUT2D eigenvalue weighted by Gasteiger charge is -2.38. The van der Waals surface area contributed by atoms with E-state index >= 15 is 0 Å². The molecule has 3 aliphatic rings. The predicted octanol–water partition coefficient (Wildman–Crippen LogP) is 4.46. The summed E-state index contributed by atoms with van der Waals surface area (Å²) in [4.78, 5) is 36.6. The summed E-state index contributed by atoms with van der Waals surface area (Å²) >= 11 is 0. The number of benzene rings is 2. The third kappa shape index (κ3) is 4.64. The molecule has 0 aromatic heterocycles. The van der Waals surface area contributed by atoms with Crippen molar-refractivity contribution in [1.29, 1.82) is 0 Å². The molecule has 0 bridgehead atoms. The molecule has 2 aromatic rings. The van der Waals surface area contributed by atoms with E-state index in [-0.39, 0.29) is 36.9 Å². The van der Waals surface area contributed by atoms with E-state index < -0.39 is 17.5 Å². The number of ether oxygens (including phenoxy) is 1. The van der Waals surface area contributed by atoms with Crippen LogP contribution < -0.4 is 10.6 Å². The summed E-state index contributed by atoms with van der Waals surface area (Å²) in [6, 6.07) is 16.5. The van der Waals surface area contributed by atoms with Gasteiger partial charge in [0.15, 0.2) is 0 Å². The van der Waals surface area contributed by atoms with E-state index in [9.17, 15) is 19.5 Å². The van der Waals surface area contributed by atoms with Gasteiger partial charge in [0.25, 0.3) is 0 Å². The molecular formula is C28H32N2O5. The molecule has 0 unspecified atom stereocenters. The first-order chi connectivity index (χ1) is 17.0. The lowest BCUT2D eigenvalue weighted by atomic mass is 9.68. The van der Waals surface area contributed by atoms with Crippen LogP contribution in [0.25, 0.3) is 11.1 Å². The number of nitrogens with one attached hydrogen (secondary N) is 2. The van der Waals surface area contributed by atoms with Crippen LogP contribution in [0, 0.1) is 11.3 Å². The van der Waals surface area contributed by atoms with E-state index in [2.05, 4.69) is 34.9 Å². The van der Waals surface area contributed by atoms with Crippen LogP contribution in [0.1, 0.15) is 62.0 Å². The van der Waals surface area contributed by atoms with Gasteiger partial charge in [-0.15, -0.1) is 0 Å². The molecule has 0 heterocycles. The van der Waals surface area contributed by atoms with Crippen molar-refractivity contribution < 1.29 is 24.2 Å². The van der Waals surface area contributed by atoms with Crippen LogP contribution in [0.2, 0.25) is 0 Å². The number of aliphatic carboxylic acids is 1. The lowest BCUT2D eigenvalue weighted by molar-refractivity contribution is -0.154. The van der Waals surface area contributed by atoms with Crippen molar-refractivity contribution in [2.24, 2.45) is 11.3 Å². The van der Waals surface area contributed by atoms with E-state index in [0.29, 0.717) is 38.5 Å². The predicted molar refractivity (Wildman–Crippen MR) is 131 cm³/mol. The molecule has 0 aliphatic heterocycles. The number of amides is 2. The van der Waals surface area contributed by atoms with Gasteiger partial charge < -0.3 is 20.5 Å². The van der Waals surface area contributed by atoms with Gasteiger partial charge in [0.1, 0.15) is 6.61 Å². The molecule has 0 spiro atoms. The van der Waals surface area contributed by atoms with Crippen LogP contribution in [0.3, 0.4) is 0 Å². The number of carboxylic acids is 1. The Bertz CT molecular complexity index is 1070. The minimum atomic E-state index is -0.819. The molecule has 2 fully saturated rings. The van der Waals surface area contributed by atoms with Crippen molar-refractivity contribution in [3.8, 4) is 11.1 Å². The van der Waals surface area contributed by atoms with Crippen LogP contribution in [-0.4, -0.2) is 42.3 Å². The molecule has 0 radical (unpaired) electrons. The summed E-state index contributed by atoms with van der Waals surface area (Å²) in [5, 5.41) is 15.3. The highest BCUT2D eigenvalue weighted by atomic mass is 16.5. The maximum absolute atomic E-state index is 12.6. The molecule has 3 aliphatic carbocycles. The Balaban J connectivity index is 1.08. The molecule has 2 aromatic carbocycles. The fraction of sp³-hybridized carbons (Fsp3) is 0.464. The smallest absolute Gasteiger partial charge is 0.407 e. The van der Waals surface area contributed by atoms with Crippen molar-refractivity contribution in [2.45, 2.75) is 56.9 Å². The van der Waals surface area contributed by atoms with Gasteiger partial charge in [-0.25, -0.2) is 4.79 Å². The molecular weight excluding hydrogens is 444 g/mol. The zero-order valence-electron chi connectivity index (χ0n) is 19.8. The summed E-state index contributed by atoms with van der Waals surface area (Å²) in [5.74, 6) is -1.00. The van der Waals surface area contributed by atoms with Gasteiger partial charge in [0.05, 0.1) is 5.41 Å². The number of alkyl carbamates (subject to hydrolysis) is 1. The Labute approximate surface area is 205 Å². The Morgan fingerprint density at radius 2 is 1.51 bits per heavy atom. The SMILES string of the molecule is O=C(NC1CCC(C(=O)NCC2(C(=O)O)CCC2)CC1)OCC1c2ccccc2-c2ccccc21. The molecule has 35 heavy (non-hydrogen) atoms. The number of rotatable bonds is 7. The number of carboxylic acid groups (broad SMARTS) is 1. The zero-order chi connectivity index (χ0) is 24.4. The van der Waals surface area contributed by atoms with Gasteiger partial charge in [0.2, 0.25) is 5.91 Å². The van der Waals surface area contributed by atoms with Crippen molar-refractivity contribution in [2.75, 3.05) is 13.2 Å². The molecule has 184 valence electrons. The summed E-state index contributed by atoms with van der Waals surface area (Å²) in [7, 11) is 0. The average Bonchev–Trinajstić information content (AvgIpc) is 3.16. The molecule has 2 amide bonds. The fourth-order valence-corrected chi connectivity index (χ4v) is 5.78. The first kappa shape index (κ1) is 23.4. The summed E-state index contributed by atoms with van der Waals surface area (Å²) in [5.41, 5.74) is 3.97. The molecule has 7 nitrogen and oxygen atoms in total. The van der Waals surface area contributed by atoms with E-state index in [4.69, 9.17) is 4.74 Å². The molecule has 5 rings (SSSR count). The van der Waals surface area contributed by atoms with Crippen LogP contribution in [0.4, 0.5) is 4.79 Å². The van der Waals surface area contributed by atoms with Crippen LogP contribution >= 0.6 is 0 Å². The first-order valence-electron chi connectivity index (χ1n) is 12.6. The quantitative estimate of drug-likeness (QED) is 0.547. The first-order valence-corrected chi connectivity index (χ1v) is 12.6. The summed E-state index contributed by atoms with van der Waals surface area (Å²) in [6.07, 6.45) is 4.46. The van der Waals surface area contributed by atoms with Gasteiger partial charge in [-0.1, -0.05) is 55.0 Å². The van der Waals surface area contributed by atoms with Gasteiger partial charge in [-0.05, 0) is 60.8 Å². The van der Waals surface area contributed by atoms with Gasteiger partial charge in [0, 0.05) is 24.4 Å². The van der Waals surface area contributed by atoms with Crippen molar-refractivity contribution in [1.82, 2.24) is 10.6 Å². The van der Waals surface area contributed by atoms with Crippen molar-refractivity contribution >= 4 is 18.0 Å². The van der Waals surface area contributed by atoms with E-state index in [1.807, 2.05) is 24.3 Å². The highest BCUT2D eigenvalue weighted by Crippen LogP contribution is 2.44. The van der Waals surface area contributed by atoms with Crippen LogP contribution in [0.15, 0.2) is 48.5 Å². The largest absolute Gasteiger partial charge is 0.481 e. The van der Waals surface area contributed by atoms with E-state index in [1.54, 1.807) is 0 Å². The second-order valence-electron chi connectivity index (χ2n) is 10.2. The highest BCUT2D eigenvalue weighted by molar-refractivity contribution is 5.81. The summed E-state index contributed by atoms with van der Waals surface area (Å²) < 4.78 is 5.65. The Hall–Kier alpha value is -3.35. The molecule has 2 saturated carbocycles. The minimum Gasteiger partial charge on any atom is -0.481 e. The van der Waals surface area contributed by atoms with E-state index in [0.717, 1.165) is 6.42 Å². The van der Waals surface area contributed by atoms with Gasteiger partial charge in [-0.3, -0.25) is 9.59 Å². The number of hydrogen-bond acceptors (Lipinski definition) is 4. The number of hydrogen-bond donors (Lipinski definition) is 3. The highest BCUT2D eigenvalue weighted by Gasteiger charge is 2.44. The van der Waals surface area contributed by atoms with Crippen LogP contribution in [-0.2, 0) is 14.3 Å². The monoisotopic (exact) mass is 476 g/mol. The minimum absolute atomic E-state index is 0.0216. The molecule has 0 atom stereocenters. The van der Waals surface area contributed by atoms with Crippen LogP contribution in [0.5, 0.6) is 0 Å². The van der Waals surface area contributed by atoms with E-state index in [1.165, 1.54) is 22.3 Å². The number of carbonyl (C=O) groups excluding carboxylic acids is 2. The Morgan fingerprint density at radius 1 is 0.914 bits per heavy atom. The topological polar surface area (TPSA) is 105 Å². The number of fused-ring (bicyclic) bond motifs is 3. The zero-order valence-corrected chi connectivity index (χ0v) is 19.8. The third-order valence-corrected chi connectivity index (χ3v) is 8.13. The standard InChI is InChI=1S/C28H32N2O5/c31-25(29-17-28(26(32)33)14-5-15-28)18-10-12-19(13-11-18)30-27(34)35-16-24-22-8-3-1-6-20(22)21-7-2-4-9-23(21)24/h1-4,6-9,18-19,24H,5,10-17H2,(H,29,31)(H,30,34)(H,32,33). The second-order valence-corrected chi connectivity index (χ2v) is 10.2. The van der Waals surface area contributed by atoms with Gasteiger partial charge in [-0.2, -0.15) is 0 Å². The van der Waals surface area contributed by atoms with Crippen molar-refractivity contribution in [3.63, 3.8) is 0 Å². The molecule has 0 saturated heterocycles. The Kier molecular flexibility index (Phi) is 6.50. The average molecular weight is 477 g/mol. The van der Waals surface area contributed by atoms with Crippen molar-refractivity contribution in [3.05, 3.63) is 59.7 Å². The maximum atomic E-state index is 12.6. The normalized spacial score (nSPS) is 22.3. The second kappa shape index (κ2) is 9.72. The summed E-state index contributed by atoms with van der Waals surface area (Å²) in [6.45, 7) is 0.488. The lowest BCUT2D eigenvalue weighted by Crippen LogP contribution is -2.49. The maximum Gasteiger partial charge on any atom is 0.407 e. The third-order valence-electron chi connectivity index (χ3n) is 8.13.